The van der Waals surface area contributed by atoms with E-state index in [0.29, 0.717) is 11.7 Å². The third-order valence-corrected chi connectivity index (χ3v) is 5.52. The molecule has 20 heavy (non-hydrogen) atoms. The van der Waals surface area contributed by atoms with Gasteiger partial charge in [-0.15, -0.1) is 0 Å². The van der Waals surface area contributed by atoms with Crippen LogP contribution in [-0.4, -0.2) is 35.8 Å². The van der Waals surface area contributed by atoms with Crippen molar-refractivity contribution in [3.8, 4) is 0 Å². The first-order chi connectivity index (χ1) is 9.70. The standard InChI is InChI=1S/C15H22BrNO2S/c1-2-7-17-15(12-6-8-19-10-12)11-20(18)14-5-3-4-13(16)9-14/h3-5,9,12,15,17H,2,6-8,10-11H2,1H3. The van der Waals surface area contributed by atoms with Crippen LogP contribution in [0.4, 0.5) is 0 Å². The van der Waals surface area contributed by atoms with E-state index >= 15 is 0 Å². The van der Waals surface area contributed by atoms with Crippen molar-refractivity contribution in [1.82, 2.24) is 5.32 Å². The summed E-state index contributed by atoms with van der Waals surface area (Å²) in [5.74, 6) is 1.14. The molecule has 3 atom stereocenters. The molecule has 0 aromatic heterocycles. The van der Waals surface area contributed by atoms with Gasteiger partial charge in [0.15, 0.2) is 0 Å². The maximum Gasteiger partial charge on any atom is 0.0545 e. The van der Waals surface area contributed by atoms with Gasteiger partial charge in [-0.25, -0.2) is 0 Å². The van der Waals surface area contributed by atoms with Crippen molar-refractivity contribution in [2.45, 2.75) is 30.7 Å². The summed E-state index contributed by atoms with van der Waals surface area (Å²) >= 11 is 3.43. The molecule has 0 radical (unpaired) electrons. The van der Waals surface area contributed by atoms with Crippen molar-refractivity contribution in [2.24, 2.45) is 5.92 Å². The molecule has 1 aromatic carbocycles. The van der Waals surface area contributed by atoms with Gasteiger partial charge in [-0.1, -0.05) is 28.9 Å². The predicted octanol–water partition coefficient (Wildman–Crippen LogP) is 2.96. The minimum atomic E-state index is -0.971. The Morgan fingerprint density at radius 3 is 3.05 bits per heavy atom. The lowest BCUT2D eigenvalue weighted by atomic mass is 10.0. The zero-order valence-electron chi connectivity index (χ0n) is 11.8. The maximum absolute atomic E-state index is 12.5. The number of hydrogen-bond acceptors (Lipinski definition) is 3. The van der Waals surface area contributed by atoms with E-state index in [0.717, 1.165) is 42.0 Å². The normalized spacial score (nSPS) is 21.8. The highest BCUT2D eigenvalue weighted by atomic mass is 79.9. The number of benzene rings is 1. The van der Waals surface area contributed by atoms with Crippen LogP contribution >= 0.6 is 15.9 Å². The van der Waals surface area contributed by atoms with Crippen molar-refractivity contribution in [2.75, 3.05) is 25.5 Å². The fraction of sp³-hybridized carbons (Fsp3) is 0.600. The monoisotopic (exact) mass is 359 g/mol. The van der Waals surface area contributed by atoms with Crippen molar-refractivity contribution in [1.29, 1.82) is 0 Å². The molecule has 1 fully saturated rings. The minimum Gasteiger partial charge on any atom is -0.381 e. The van der Waals surface area contributed by atoms with Crippen LogP contribution in [0.25, 0.3) is 0 Å². The molecule has 1 saturated heterocycles. The first kappa shape index (κ1) is 16.1. The molecule has 0 bridgehead atoms. The van der Waals surface area contributed by atoms with Gasteiger partial charge >= 0.3 is 0 Å². The van der Waals surface area contributed by atoms with E-state index in [4.69, 9.17) is 4.74 Å². The summed E-state index contributed by atoms with van der Waals surface area (Å²) in [6.07, 6.45) is 2.16. The Kier molecular flexibility index (Phi) is 6.68. The first-order valence-corrected chi connectivity index (χ1v) is 9.27. The van der Waals surface area contributed by atoms with Gasteiger partial charge in [0.05, 0.1) is 17.4 Å². The predicted molar refractivity (Wildman–Crippen MR) is 86.4 cm³/mol. The molecular weight excluding hydrogens is 338 g/mol. The second kappa shape index (κ2) is 8.27. The summed E-state index contributed by atoms with van der Waals surface area (Å²) in [6, 6.07) is 8.04. The summed E-state index contributed by atoms with van der Waals surface area (Å²) in [7, 11) is -0.971. The minimum absolute atomic E-state index is 0.275. The average molecular weight is 360 g/mol. The zero-order valence-corrected chi connectivity index (χ0v) is 14.2. The fourth-order valence-electron chi connectivity index (χ4n) is 2.43. The third-order valence-electron chi connectivity index (χ3n) is 3.58. The lowest BCUT2D eigenvalue weighted by Gasteiger charge is -2.23. The highest BCUT2D eigenvalue weighted by Crippen LogP contribution is 2.21. The van der Waals surface area contributed by atoms with E-state index in [2.05, 4.69) is 28.2 Å². The Labute approximate surface area is 132 Å². The van der Waals surface area contributed by atoms with Crippen molar-refractivity contribution < 1.29 is 8.95 Å². The van der Waals surface area contributed by atoms with Crippen LogP contribution in [0.3, 0.4) is 0 Å². The van der Waals surface area contributed by atoms with Crippen LogP contribution in [0.1, 0.15) is 19.8 Å². The lowest BCUT2D eigenvalue weighted by Crippen LogP contribution is -2.41. The molecule has 1 aliphatic heterocycles. The van der Waals surface area contributed by atoms with Gasteiger partial charge in [-0.2, -0.15) is 0 Å². The van der Waals surface area contributed by atoms with Crippen molar-refractivity contribution in [3.63, 3.8) is 0 Å². The van der Waals surface area contributed by atoms with E-state index < -0.39 is 10.8 Å². The molecular formula is C15H22BrNO2S. The van der Waals surface area contributed by atoms with Gasteiger partial charge in [0.1, 0.15) is 0 Å². The summed E-state index contributed by atoms with van der Waals surface area (Å²) in [6.45, 7) is 4.74. The molecule has 3 unspecified atom stereocenters. The molecule has 5 heteroatoms. The van der Waals surface area contributed by atoms with Gasteiger partial charge in [0.25, 0.3) is 0 Å². The topological polar surface area (TPSA) is 38.3 Å². The van der Waals surface area contributed by atoms with Gasteiger partial charge in [-0.3, -0.25) is 4.21 Å². The molecule has 2 rings (SSSR count). The van der Waals surface area contributed by atoms with E-state index in [1.807, 2.05) is 24.3 Å². The van der Waals surface area contributed by atoms with E-state index in [-0.39, 0.29) is 6.04 Å². The largest absolute Gasteiger partial charge is 0.381 e. The summed E-state index contributed by atoms with van der Waals surface area (Å²) in [5.41, 5.74) is 0. The number of nitrogens with one attached hydrogen (secondary N) is 1. The Morgan fingerprint density at radius 2 is 2.40 bits per heavy atom. The molecule has 0 spiro atoms. The van der Waals surface area contributed by atoms with E-state index in [1.165, 1.54) is 0 Å². The van der Waals surface area contributed by atoms with Crippen LogP contribution < -0.4 is 5.32 Å². The molecule has 0 saturated carbocycles. The molecule has 112 valence electrons. The van der Waals surface area contributed by atoms with Crippen LogP contribution in [0, 0.1) is 5.92 Å². The van der Waals surface area contributed by atoms with Crippen LogP contribution in [-0.2, 0) is 15.5 Å². The average Bonchev–Trinajstić information content (AvgIpc) is 2.97. The number of rotatable bonds is 7. The number of ether oxygens (including phenoxy) is 1. The highest BCUT2D eigenvalue weighted by molar-refractivity contribution is 9.10. The molecule has 3 nitrogen and oxygen atoms in total. The molecule has 0 aliphatic carbocycles. The van der Waals surface area contributed by atoms with Crippen molar-refractivity contribution >= 4 is 26.7 Å². The summed E-state index contributed by atoms with van der Waals surface area (Å²) < 4.78 is 19.0. The second-order valence-corrected chi connectivity index (χ2v) is 7.57. The van der Waals surface area contributed by atoms with E-state index in [9.17, 15) is 4.21 Å². The van der Waals surface area contributed by atoms with Gasteiger partial charge in [0.2, 0.25) is 0 Å². The van der Waals surface area contributed by atoms with Crippen LogP contribution in [0.2, 0.25) is 0 Å². The second-order valence-electron chi connectivity index (χ2n) is 5.15. The molecule has 1 aliphatic rings. The van der Waals surface area contributed by atoms with Crippen LogP contribution in [0.5, 0.6) is 0 Å². The van der Waals surface area contributed by atoms with Crippen LogP contribution in [0.15, 0.2) is 33.6 Å². The fourth-order valence-corrected chi connectivity index (χ4v) is 4.38. The molecule has 0 amide bonds. The zero-order chi connectivity index (χ0) is 14.4. The number of halogens is 1. The Hall–Kier alpha value is -0.230. The van der Waals surface area contributed by atoms with E-state index in [1.54, 1.807) is 0 Å². The van der Waals surface area contributed by atoms with Gasteiger partial charge in [0, 0.05) is 33.7 Å². The lowest BCUT2D eigenvalue weighted by molar-refractivity contribution is 0.179. The molecule has 1 aromatic rings. The first-order valence-electron chi connectivity index (χ1n) is 7.15. The quantitative estimate of drug-likeness (QED) is 0.813. The smallest absolute Gasteiger partial charge is 0.0545 e. The Morgan fingerprint density at radius 1 is 1.55 bits per heavy atom. The third kappa shape index (κ3) is 4.65. The summed E-state index contributed by atoms with van der Waals surface area (Å²) in [5, 5.41) is 3.54. The highest BCUT2D eigenvalue weighted by Gasteiger charge is 2.27. The summed E-state index contributed by atoms with van der Waals surface area (Å²) in [4.78, 5) is 0.890. The molecule has 1 N–H and O–H groups in total. The number of hydrogen-bond donors (Lipinski definition) is 1. The van der Waals surface area contributed by atoms with Gasteiger partial charge < -0.3 is 10.1 Å². The Balaban J connectivity index is 2.00. The SMILES string of the molecule is CCCNC(CS(=O)c1cccc(Br)c1)C1CCOC1. The Bertz CT molecular complexity index is 449. The maximum atomic E-state index is 12.5. The molecule has 1 heterocycles. The van der Waals surface area contributed by atoms with Gasteiger partial charge in [-0.05, 0) is 37.6 Å². The van der Waals surface area contributed by atoms with Crippen molar-refractivity contribution in [3.05, 3.63) is 28.7 Å².